The highest BCUT2D eigenvalue weighted by atomic mass is 32.1. The summed E-state index contributed by atoms with van der Waals surface area (Å²) in [6.45, 7) is 8.50. The minimum atomic E-state index is -0.149. The zero-order chi connectivity index (χ0) is 14.5. The summed E-state index contributed by atoms with van der Waals surface area (Å²) in [6, 6.07) is 6.24. The Morgan fingerprint density at radius 2 is 2.10 bits per heavy atom. The number of thiazole rings is 1. The van der Waals surface area contributed by atoms with Gasteiger partial charge in [-0.15, -0.1) is 11.3 Å². The first-order valence-electron chi connectivity index (χ1n) is 6.95. The number of ether oxygens (including phenoxy) is 1. The third-order valence-corrected chi connectivity index (χ3v) is 4.70. The van der Waals surface area contributed by atoms with E-state index < -0.39 is 0 Å². The fourth-order valence-electron chi connectivity index (χ4n) is 2.59. The number of hydrogen-bond acceptors (Lipinski definition) is 4. The standard InChI is InChI=1S/C16H20N2OS/c1-9(2)15-18-12(14(17)20-15)11-7-5-6-10-8-16(3,4)19-13(10)11/h5-7,9H,8,17H2,1-4H3. The molecule has 106 valence electrons. The average Bonchev–Trinajstić information content (AvgIpc) is 2.87. The molecule has 0 saturated heterocycles. The maximum atomic E-state index is 6.17. The maximum absolute atomic E-state index is 6.17. The second-order valence-electron chi connectivity index (χ2n) is 6.25. The molecule has 2 N–H and O–H groups in total. The number of fused-ring (bicyclic) bond motifs is 1. The smallest absolute Gasteiger partial charge is 0.132 e. The molecule has 0 unspecified atom stereocenters. The van der Waals surface area contributed by atoms with Gasteiger partial charge in [0.25, 0.3) is 0 Å². The normalized spacial score (nSPS) is 16.2. The number of rotatable bonds is 2. The first kappa shape index (κ1) is 13.4. The van der Waals surface area contributed by atoms with Crippen molar-refractivity contribution in [2.75, 3.05) is 5.73 Å². The first-order chi connectivity index (χ1) is 9.37. The summed E-state index contributed by atoms with van der Waals surface area (Å²) in [6.07, 6.45) is 0.928. The van der Waals surface area contributed by atoms with Crippen molar-refractivity contribution in [3.05, 3.63) is 28.8 Å². The topological polar surface area (TPSA) is 48.1 Å². The maximum Gasteiger partial charge on any atom is 0.132 e. The van der Waals surface area contributed by atoms with Gasteiger partial charge in [0.1, 0.15) is 22.0 Å². The van der Waals surface area contributed by atoms with E-state index >= 15 is 0 Å². The van der Waals surface area contributed by atoms with Gasteiger partial charge < -0.3 is 10.5 Å². The predicted octanol–water partition coefficient (Wildman–Crippen LogP) is 4.23. The Morgan fingerprint density at radius 3 is 2.75 bits per heavy atom. The molecule has 0 aliphatic carbocycles. The Morgan fingerprint density at radius 1 is 1.35 bits per heavy atom. The van der Waals surface area contributed by atoms with Gasteiger partial charge in [0.05, 0.1) is 5.01 Å². The molecule has 2 aromatic rings. The molecule has 1 aromatic carbocycles. The van der Waals surface area contributed by atoms with Gasteiger partial charge in [-0.05, 0) is 25.5 Å². The molecule has 1 aromatic heterocycles. The molecule has 3 nitrogen and oxygen atoms in total. The van der Waals surface area contributed by atoms with E-state index in [4.69, 9.17) is 15.5 Å². The van der Waals surface area contributed by atoms with Crippen LogP contribution in [0, 0.1) is 0 Å². The van der Waals surface area contributed by atoms with Crippen LogP contribution >= 0.6 is 11.3 Å². The largest absolute Gasteiger partial charge is 0.487 e. The van der Waals surface area contributed by atoms with Crippen molar-refractivity contribution in [2.24, 2.45) is 0 Å². The van der Waals surface area contributed by atoms with Crippen LogP contribution in [0.25, 0.3) is 11.3 Å². The van der Waals surface area contributed by atoms with Crippen molar-refractivity contribution in [2.45, 2.75) is 45.6 Å². The van der Waals surface area contributed by atoms with Crippen LogP contribution in [0.3, 0.4) is 0 Å². The summed E-state index contributed by atoms with van der Waals surface area (Å²) in [5.41, 5.74) is 9.16. The lowest BCUT2D eigenvalue weighted by atomic mass is 10.00. The van der Waals surface area contributed by atoms with Crippen LogP contribution in [-0.4, -0.2) is 10.6 Å². The zero-order valence-electron chi connectivity index (χ0n) is 12.4. The van der Waals surface area contributed by atoms with Gasteiger partial charge in [0.15, 0.2) is 0 Å². The summed E-state index contributed by atoms with van der Waals surface area (Å²) in [4.78, 5) is 4.72. The molecule has 4 heteroatoms. The van der Waals surface area contributed by atoms with Crippen molar-refractivity contribution in [1.82, 2.24) is 4.98 Å². The molecule has 0 atom stereocenters. The number of benzene rings is 1. The highest BCUT2D eigenvalue weighted by molar-refractivity contribution is 7.16. The Balaban J connectivity index is 2.11. The monoisotopic (exact) mass is 288 g/mol. The van der Waals surface area contributed by atoms with E-state index in [0.29, 0.717) is 5.92 Å². The molecule has 1 aliphatic rings. The Kier molecular flexibility index (Phi) is 3.01. The summed E-state index contributed by atoms with van der Waals surface area (Å²) in [5, 5.41) is 1.85. The summed E-state index contributed by atoms with van der Waals surface area (Å²) in [5.74, 6) is 1.34. The van der Waals surface area contributed by atoms with Crippen LogP contribution in [0.1, 0.15) is 44.2 Å². The van der Waals surface area contributed by atoms with E-state index in [-0.39, 0.29) is 5.60 Å². The van der Waals surface area contributed by atoms with Crippen LogP contribution in [0.5, 0.6) is 5.75 Å². The Hall–Kier alpha value is -1.55. The summed E-state index contributed by atoms with van der Waals surface area (Å²) < 4.78 is 6.11. The van der Waals surface area contributed by atoms with Gasteiger partial charge in [-0.25, -0.2) is 4.98 Å². The second-order valence-corrected chi connectivity index (χ2v) is 7.31. The van der Waals surface area contributed by atoms with Crippen molar-refractivity contribution in [3.63, 3.8) is 0 Å². The van der Waals surface area contributed by atoms with Crippen LogP contribution in [0.4, 0.5) is 5.00 Å². The minimum absolute atomic E-state index is 0.149. The second kappa shape index (κ2) is 4.48. The number of anilines is 1. The van der Waals surface area contributed by atoms with Crippen molar-refractivity contribution < 1.29 is 4.74 Å². The summed E-state index contributed by atoms with van der Waals surface area (Å²) in [7, 11) is 0. The lowest BCUT2D eigenvalue weighted by Crippen LogP contribution is -2.24. The van der Waals surface area contributed by atoms with Gasteiger partial charge in [-0.1, -0.05) is 26.0 Å². The fraction of sp³-hybridized carbons (Fsp3) is 0.438. The molecule has 2 heterocycles. The van der Waals surface area contributed by atoms with E-state index in [9.17, 15) is 0 Å². The molecule has 0 bridgehead atoms. The number of hydrogen-bond donors (Lipinski definition) is 1. The van der Waals surface area contributed by atoms with Crippen LogP contribution in [0.15, 0.2) is 18.2 Å². The van der Waals surface area contributed by atoms with E-state index in [0.717, 1.165) is 33.4 Å². The molecule has 0 spiro atoms. The van der Waals surface area contributed by atoms with Gasteiger partial charge >= 0.3 is 0 Å². The third kappa shape index (κ3) is 2.18. The summed E-state index contributed by atoms with van der Waals surface area (Å²) >= 11 is 1.57. The third-order valence-electron chi connectivity index (χ3n) is 3.51. The van der Waals surface area contributed by atoms with Crippen LogP contribution in [-0.2, 0) is 6.42 Å². The van der Waals surface area contributed by atoms with Gasteiger partial charge in [0, 0.05) is 17.9 Å². The van der Waals surface area contributed by atoms with Crippen LogP contribution in [0.2, 0.25) is 0 Å². The molecular weight excluding hydrogens is 268 g/mol. The molecular formula is C16H20N2OS. The van der Waals surface area contributed by atoms with Gasteiger partial charge in [-0.2, -0.15) is 0 Å². The number of para-hydroxylation sites is 1. The molecule has 3 rings (SSSR count). The zero-order valence-corrected chi connectivity index (χ0v) is 13.2. The lowest BCUT2D eigenvalue weighted by Gasteiger charge is -2.18. The quantitative estimate of drug-likeness (QED) is 0.899. The Labute approximate surface area is 123 Å². The lowest BCUT2D eigenvalue weighted by molar-refractivity contribution is 0.139. The highest BCUT2D eigenvalue weighted by Gasteiger charge is 2.32. The van der Waals surface area contributed by atoms with Crippen molar-refractivity contribution in [1.29, 1.82) is 0 Å². The van der Waals surface area contributed by atoms with Gasteiger partial charge in [0.2, 0.25) is 0 Å². The van der Waals surface area contributed by atoms with E-state index in [1.54, 1.807) is 11.3 Å². The molecule has 0 saturated carbocycles. The van der Waals surface area contributed by atoms with E-state index in [1.165, 1.54) is 5.56 Å². The molecule has 1 aliphatic heterocycles. The average molecular weight is 288 g/mol. The van der Waals surface area contributed by atoms with Crippen molar-refractivity contribution in [3.8, 4) is 17.0 Å². The van der Waals surface area contributed by atoms with E-state index in [1.807, 2.05) is 0 Å². The SMILES string of the molecule is CC(C)c1nc(-c2cccc3c2OC(C)(C)C3)c(N)s1. The fourth-order valence-corrected chi connectivity index (χ4v) is 3.44. The van der Waals surface area contributed by atoms with Crippen LogP contribution < -0.4 is 10.5 Å². The number of nitrogens with two attached hydrogens (primary N) is 1. The highest BCUT2D eigenvalue weighted by Crippen LogP contribution is 2.44. The van der Waals surface area contributed by atoms with E-state index in [2.05, 4.69) is 45.9 Å². The van der Waals surface area contributed by atoms with Crippen molar-refractivity contribution >= 4 is 16.3 Å². The van der Waals surface area contributed by atoms with Gasteiger partial charge in [-0.3, -0.25) is 0 Å². The first-order valence-corrected chi connectivity index (χ1v) is 7.76. The number of nitrogens with zero attached hydrogens (tertiary/aromatic N) is 1. The molecule has 0 radical (unpaired) electrons. The molecule has 20 heavy (non-hydrogen) atoms. The molecule has 0 fully saturated rings. The molecule has 0 amide bonds. The minimum Gasteiger partial charge on any atom is -0.487 e. The number of aromatic nitrogens is 1. The number of nitrogen functional groups attached to an aromatic ring is 1. The predicted molar refractivity (Wildman–Crippen MR) is 84.5 cm³/mol. The Bertz CT molecular complexity index is 658.